The van der Waals surface area contributed by atoms with E-state index in [-0.39, 0.29) is 18.9 Å². The summed E-state index contributed by atoms with van der Waals surface area (Å²) in [6, 6.07) is 3.28. The molecular formula is C40H53N5O8S. The predicted octanol–water partition coefficient (Wildman–Crippen LogP) is 6.48. The van der Waals surface area contributed by atoms with Gasteiger partial charge in [-0.15, -0.1) is 17.9 Å². The number of methoxy groups -OCH3 is 1. The third-order valence-corrected chi connectivity index (χ3v) is 11.0. The lowest BCUT2D eigenvalue weighted by atomic mass is 9.85. The van der Waals surface area contributed by atoms with Crippen molar-refractivity contribution < 1.29 is 38.5 Å². The maximum atomic E-state index is 14.7. The maximum absolute atomic E-state index is 14.7. The van der Waals surface area contributed by atoms with Crippen molar-refractivity contribution in [3.8, 4) is 22.2 Å². The summed E-state index contributed by atoms with van der Waals surface area (Å²) in [6.07, 6.45) is 0.182. The Bertz CT molecular complexity index is 1960. The molecule has 1 aliphatic carbocycles. The van der Waals surface area contributed by atoms with Gasteiger partial charge in [-0.25, -0.2) is 19.6 Å². The number of alkyl carbamates (subject to hydrolysis) is 1. The second kappa shape index (κ2) is 14.8. The van der Waals surface area contributed by atoms with Gasteiger partial charge in [-0.3, -0.25) is 9.59 Å². The Balaban J connectivity index is 1.57. The third kappa shape index (κ3) is 8.03. The Labute approximate surface area is 320 Å². The molecule has 0 bridgehead atoms. The highest BCUT2D eigenvalue weighted by Gasteiger charge is 2.62. The summed E-state index contributed by atoms with van der Waals surface area (Å²) in [6.45, 7) is 22.1. The highest BCUT2D eigenvalue weighted by Crippen LogP contribution is 2.45. The van der Waals surface area contributed by atoms with Crippen molar-refractivity contribution in [2.45, 2.75) is 111 Å². The molecule has 2 fully saturated rings. The fourth-order valence-electron chi connectivity index (χ4n) is 6.90. The van der Waals surface area contributed by atoms with Gasteiger partial charge in [0.25, 0.3) is 0 Å². The molecule has 1 saturated heterocycles. The SMILES string of the molecule is C=CC1CC1(NC(=O)C1C(C)C(Oc2cc(-c3nc(C(C)C)cs3)nc3c(C)c(OC)ccc23)CN1C(=O)C(NC(=O)OC(C)(C)C)C(C)(C)C)C(=O)O. The zero-order chi connectivity index (χ0) is 40.1. The van der Waals surface area contributed by atoms with Crippen LogP contribution >= 0.6 is 11.3 Å². The molecule has 54 heavy (non-hydrogen) atoms. The van der Waals surface area contributed by atoms with Gasteiger partial charge < -0.3 is 34.9 Å². The smallest absolute Gasteiger partial charge is 0.408 e. The number of aromatic nitrogens is 2. The summed E-state index contributed by atoms with van der Waals surface area (Å²) in [5.41, 5.74) is -0.162. The first-order chi connectivity index (χ1) is 25.1. The highest BCUT2D eigenvalue weighted by atomic mass is 32.1. The summed E-state index contributed by atoms with van der Waals surface area (Å²) in [7, 11) is 1.60. The van der Waals surface area contributed by atoms with Crippen LogP contribution in [0.4, 0.5) is 4.79 Å². The summed E-state index contributed by atoms with van der Waals surface area (Å²) in [4.78, 5) is 65.6. The van der Waals surface area contributed by atoms with Crippen LogP contribution in [0, 0.1) is 24.2 Å². The van der Waals surface area contributed by atoms with Gasteiger partial charge in [0.1, 0.15) is 51.5 Å². The Morgan fingerprint density at radius 2 is 1.80 bits per heavy atom. The van der Waals surface area contributed by atoms with Crippen LogP contribution in [0.5, 0.6) is 11.5 Å². The van der Waals surface area contributed by atoms with Gasteiger partial charge in [0.05, 0.1) is 24.9 Å². The number of carbonyl (C=O) groups is 4. The third-order valence-electron chi connectivity index (χ3n) is 10.1. The Morgan fingerprint density at radius 3 is 2.33 bits per heavy atom. The molecule has 13 nitrogen and oxygen atoms in total. The molecule has 14 heteroatoms. The predicted molar refractivity (Wildman–Crippen MR) is 207 cm³/mol. The first-order valence-electron chi connectivity index (χ1n) is 18.2. The number of ether oxygens (including phenoxy) is 3. The average molecular weight is 764 g/mol. The molecule has 292 valence electrons. The second-order valence-corrected chi connectivity index (χ2v) is 17.6. The molecule has 6 unspecified atom stereocenters. The molecule has 1 aromatic carbocycles. The van der Waals surface area contributed by atoms with Crippen molar-refractivity contribution in [3.05, 3.63) is 47.5 Å². The van der Waals surface area contributed by atoms with Crippen LogP contribution in [0.25, 0.3) is 21.6 Å². The fraction of sp³-hybridized carbons (Fsp3) is 0.550. The van der Waals surface area contributed by atoms with Crippen LogP contribution in [0.15, 0.2) is 36.2 Å². The van der Waals surface area contributed by atoms with Crippen molar-refractivity contribution >= 4 is 46.1 Å². The fourth-order valence-corrected chi connectivity index (χ4v) is 7.84. The summed E-state index contributed by atoms with van der Waals surface area (Å²) >= 11 is 1.48. The monoisotopic (exact) mass is 763 g/mol. The number of amides is 3. The highest BCUT2D eigenvalue weighted by molar-refractivity contribution is 7.13. The lowest BCUT2D eigenvalue weighted by Crippen LogP contribution is -2.60. The van der Waals surface area contributed by atoms with Gasteiger partial charge in [-0.1, -0.05) is 47.6 Å². The maximum Gasteiger partial charge on any atom is 0.408 e. The number of aliphatic carboxylic acids is 1. The molecule has 3 aromatic rings. The molecule has 3 heterocycles. The van der Waals surface area contributed by atoms with E-state index >= 15 is 0 Å². The van der Waals surface area contributed by atoms with Crippen molar-refractivity contribution in [2.24, 2.45) is 17.3 Å². The van der Waals surface area contributed by atoms with Gasteiger partial charge in [-0.05, 0) is 57.6 Å². The van der Waals surface area contributed by atoms with Crippen molar-refractivity contribution in [1.29, 1.82) is 0 Å². The number of benzene rings is 1. The molecule has 3 N–H and O–H groups in total. The zero-order valence-electron chi connectivity index (χ0n) is 33.0. The molecule has 0 radical (unpaired) electrons. The molecule has 2 aromatic heterocycles. The molecule has 5 rings (SSSR count). The van der Waals surface area contributed by atoms with E-state index in [1.165, 1.54) is 22.3 Å². The molecule has 2 aliphatic rings. The Kier molecular flexibility index (Phi) is 11.1. The number of hydrogen-bond acceptors (Lipinski definition) is 10. The van der Waals surface area contributed by atoms with Crippen LogP contribution in [0.1, 0.15) is 85.9 Å². The van der Waals surface area contributed by atoms with Gasteiger partial charge in [-0.2, -0.15) is 0 Å². The number of nitrogens with zero attached hydrogens (tertiary/aromatic N) is 3. The number of hydrogen-bond donors (Lipinski definition) is 3. The minimum absolute atomic E-state index is 0.0331. The first-order valence-corrected chi connectivity index (χ1v) is 19.1. The zero-order valence-corrected chi connectivity index (χ0v) is 33.8. The number of rotatable bonds is 11. The number of carboxylic acids is 1. The number of carbonyl (C=O) groups excluding carboxylic acids is 3. The van der Waals surface area contributed by atoms with Gasteiger partial charge in [0.2, 0.25) is 11.8 Å². The minimum Gasteiger partial charge on any atom is -0.496 e. The van der Waals surface area contributed by atoms with E-state index in [1.54, 1.807) is 55.6 Å². The lowest BCUT2D eigenvalue weighted by Gasteiger charge is -2.36. The second-order valence-electron chi connectivity index (χ2n) is 16.7. The number of thiazole rings is 1. The molecule has 6 atom stereocenters. The number of carboxylic acid groups (broad SMARTS) is 1. The van der Waals surface area contributed by atoms with Gasteiger partial charge in [0, 0.05) is 34.2 Å². The molecule has 3 amide bonds. The van der Waals surface area contributed by atoms with Crippen LogP contribution in [-0.2, 0) is 19.1 Å². The topological polar surface area (TPSA) is 169 Å². The van der Waals surface area contributed by atoms with Crippen LogP contribution in [0.2, 0.25) is 0 Å². The van der Waals surface area contributed by atoms with Crippen molar-refractivity contribution in [2.75, 3.05) is 13.7 Å². The molecular weight excluding hydrogens is 711 g/mol. The Hall–Kier alpha value is -4.72. The van der Waals surface area contributed by atoms with E-state index in [0.29, 0.717) is 33.1 Å². The largest absolute Gasteiger partial charge is 0.496 e. The standard InChI is InChI=1S/C40H53N5O8S/c1-13-23-17-40(23,36(48)49)44-33(46)31-22(5)29(18-45(31)35(47)32(38(6,7)8)43-37(50)53-39(9,10)11)52-28-16-25(34-42-26(19-54-34)20(2)3)41-30-21(4)27(51-12)15-14-24(28)30/h13-16,19-20,22-23,29,31-32H,1,17-18H2,2-12H3,(H,43,50)(H,44,46)(H,48,49). The van der Waals surface area contributed by atoms with Gasteiger partial charge >= 0.3 is 12.1 Å². The van der Waals surface area contributed by atoms with Gasteiger partial charge in [0.15, 0.2) is 0 Å². The van der Waals surface area contributed by atoms with Crippen LogP contribution in [0.3, 0.4) is 0 Å². The number of aryl methyl sites for hydroxylation is 1. The van der Waals surface area contributed by atoms with Crippen LogP contribution < -0.4 is 20.1 Å². The quantitative estimate of drug-likeness (QED) is 0.184. The summed E-state index contributed by atoms with van der Waals surface area (Å²) < 4.78 is 18.0. The van der Waals surface area contributed by atoms with Crippen molar-refractivity contribution in [1.82, 2.24) is 25.5 Å². The van der Waals surface area contributed by atoms with E-state index < -0.39 is 70.5 Å². The van der Waals surface area contributed by atoms with E-state index in [0.717, 1.165) is 11.3 Å². The molecule has 0 spiro atoms. The lowest BCUT2D eigenvalue weighted by molar-refractivity contribution is -0.146. The van der Waals surface area contributed by atoms with E-state index in [4.69, 9.17) is 24.2 Å². The van der Waals surface area contributed by atoms with E-state index in [1.807, 2.05) is 30.5 Å². The summed E-state index contributed by atoms with van der Waals surface area (Å²) in [5.74, 6) is -2.09. The number of likely N-dealkylation sites (tertiary alicyclic amines) is 1. The Morgan fingerprint density at radius 1 is 1.11 bits per heavy atom. The van der Waals surface area contributed by atoms with E-state index in [9.17, 15) is 24.3 Å². The number of fused-ring (bicyclic) bond motifs is 1. The minimum atomic E-state index is -1.53. The molecule has 1 aliphatic heterocycles. The number of pyridine rings is 1. The van der Waals surface area contributed by atoms with E-state index in [2.05, 4.69) is 31.1 Å². The average Bonchev–Trinajstić information content (AvgIpc) is 3.38. The normalized spacial score (nSPS) is 23.1. The summed E-state index contributed by atoms with van der Waals surface area (Å²) in [5, 5.41) is 19.0. The number of nitrogens with one attached hydrogen (secondary N) is 2. The van der Waals surface area contributed by atoms with Crippen molar-refractivity contribution in [3.63, 3.8) is 0 Å². The first kappa shape index (κ1) is 40.5. The van der Waals surface area contributed by atoms with Crippen LogP contribution in [-0.4, -0.2) is 86.8 Å². The molecule has 1 saturated carbocycles.